The number of ether oxygens (including phenoxy) is 1. The molecule has 0 saturated heterocycles. The summed E-state index contributed by atoms with van der Waals surface area (Å²) in [5.41, 5.74) is 0.602. The second-order valence-corrected chi connectivity index (χ2v) is 11.0. The lowest BCUT2D eigenvalue weighted by Gasteiger charge is -2.15. The van der Waals surface area contributed by atoms with Gasteiger partial charge in [0.05, 0.1) is 6.61 Å². The van der Waals surface area contributed by atoms with E-state index in [4.69, 9.17) is 16.3 Å². The third-order valence-electron chi connectivity index (χ3n) is 2.29. The van der Waals surface area contributed by atoms with Crippen LogP contribution in [0.3, 0.4) is 0 Å². The molecule has 7 heteroatoms. The number of halogens is 1. The van der Waals surface area contributed by atoms with E-state index < -0.39 is 8.07 Å². The maximum atomic E-state index is 5.81. The summed E-state index contributed by atoms with van der Waals surface area (Å²) >= 11 is 5.81. The summed E-state index contributed by atoms with van der Waals surface area (Å²) in [6.07, 6.45) is 3.36. The van der Waals surface area contributed by atoms with Crippen molar-refractivity contribution in [3.8, 4) is 5.88 Å². The molecule has 17 heavy (non-hydrogen) atoms. The van der Waals surface area contributed by atoms with Crippen LogP contribution in [0, 0.1) is 0 Å². The van der Waals surface area contributed by atoms with Crippen molar-refractivity contribution in [3.63, 3.8) is 0 Å². The monoisotopic (exact) mass is 270 g/mol. The van der Waals surface area contributed by atoms with Crippen LogP contribution >= 0.6 is 11.6 Å². The molecule has 2 heterocycles. The minimum Gasteiger partial charge on any atom is -0.475 e. The first-order valence-corrected chi connectivity index (χ1v) is 9.54. The van der Waals surface area contributed by atoms with E-state index >= 15 is 0 Å². The van der Waals surface area contributed by atoms with Crippen molar-refractivity contribution < 1.29 is 4.74 Å². The lowest BCUT2D eigenvalue weighted by molar-refractivity contribution is 0.325. The molecule has 0 aliphatic rings. The minimum absolute atomic E-state index is 0.165. The van der Waals surface area contributed by atoms with E-state index in [1.54, 1.807) is 16.9 Å². The highest BCUT2D eigenvalue weighted by molar-refractivity contribution is 6.76. The third-order valence-corrected chi connectivity index (χ3v) is 4.15. The lowest BCUT2D eigenvalue weighted by atomic mass is 10.7. The molecule has 0 saturated carbocycles. The van der Waals surface area contributed by atoms with Gasteiger partial charge in [0.25, 0.3) is 5.88 Å². The Labute approximate surface area is 106 Å². The van der Waals surface area contributed by atoms with Crippen LogP contribution in [0.25, 0.3) is 5.65 Å². The van der Waals surface area contributed by atoms with Gasteiger partial charge in [0, 0.05) is 20.5 Å². The fourth-order valence-corrected chi connectivity index (χ4v) is 2.20. The van der Waals surface area contributed by atoms with Crippen molar-refractivity contribution in [3.05, 3.63) is 17.7 Å². The van der Waals surface area contributed by atoms with E-state index in [0.717, 1.165) is 6.04 Å². The largest absolute Gasteiger partial charge is 0.475 e. The number of rotatable bonds is 4. The Balaban J connectivity index is 2.15. The number of imidazole rings is 1. The van der Waals surface area contributed by atoms with Crippen LogP contribution in [-0.4, -0.2) is 34.3 Å². The molecule has 0 atom stereocenters. The van der Waals surface area contributed by atoms with E-state index in [9.17, 15) is 0 Å². The standard InChI is InChI=1S/C10H15ClN4OSi/c1-17(2,3)7-6-16-9-8-12-4-5-15(8)14-10(11)13-9/h4-5H,6-7H2,1-3H3. The van der Waals surface area contributed by atoms with Crippen molar-refractivity contribution >= 4 is 25.3 Å². The Morgan fingerprint density at radius 1 is 1.41 bits per heavy atom. The lowest BCUT2D eigenvalue weighted by Crippen LogP contribution is -2.22. The van der Waals surface area contributed by atoms with Crippen LogP contribution in [0.1, 0.15) is 0 Å². The highest BCUT2D eigenvalue weighted by Gasteiger charge is 2.14. The summed E-state index contributed by atoms with van der Waals surface area (Å²) in [6.45, 7) is 7.54. The van der Waals surface area contributed by atoms with Crippen LogP contribution in [-0.2, 0) is 0 Å². The first kappa shape index (κ1) is 12.3. The molecule has 2 aromatic rings. The van der Waals surface area contributed by atoms with Gasteiger partial charge in [0.15, 0.2) is 0 Å². The van der Waals surface area contributed by atoms with Gasteiger partial charge in [-0.1, -0.05) is 19.6 Å². The normalized spacial score (nSPS) is 12.0. The number of hydrogen-bond donors (Lipinski definition) is 0. The Morgan fingerprint density at radius 2 is 2.18 bits per heavy atom. The zero-order valence-corrected chi connectivity index (χ0v) is 11.9. The molecule has 0 aliphatic carbocycles. The van der Waals surface area contributed by atoms with Gasteiger partial charge >= 0.3 is 0 Å². The van der Waals surface area contributed by atoms with Crippen LogP contribution < -0.4 is 4.74 Å². The van der Waals surface area contributed by atoms with Gasteiger partial charge in [0.1, 0.15) is 0 Å². The molecule has 2 aromatic heterocycles. The molecule has 0 aromatic carbocycles. The van der Waals surface area contributed by atoms with Gasteiger partial charge in [-0.25, -0.2) is 9.50 Å². The Hall–Kier alpha value is -1.14. The molecule has 92 valence electrons. The smallest absolute Gasteiger partial charge is 0.262 e. The molecular weight excluding hydrogens is 256 g/mol. The zero-order chi connectivity index (χ0) is 12.5. The maximum absolute atomic E-state index is 5.81. The fraction of sp³-hybridized carbons (Fsp3) is 0.500. The van der Waals surface area contributed by atoms with Gasteiger partial charge in [0.2, 0.25) is 10.9 Å². The van der Waals surface area contributed by atoms with Crippen molar-refractivity contribution in [1.82, 2.24) is 19.6 Å². The molecule has 0 bridgehead atoms. The summed E-state index contributed by atoms with van der Waals surface area (Å²) in [5, 5.41) is 4.16. The summed E-state index contributed by atoms with van der Waals surface area (Å²) in [7, 11) is -1.10. The van der Waals surface area contributed by atoms with E-state index in [2.05, 4.69) is 34.7 Å². The van der Waals surface area contributed by atoms with Crippen molar-refractivity contribution in [2.24, 2.45) is 0 Å². The van der Waals surface area contributed by atoms with Crippen LogP contribution in [0.15, 0.2) is 12.4 Å². The quantitative estimate of drug-likeness (QED) is 0.801. The molecule has 0 fully saturated rings. The van der Waals surface area contributed by atoms with Crippen molar-refractivity contribution in [2.45, 2.75) is 25.7 Å². The minimum atomic E-state index is -1.10. The van der Waals surface area contributed by atoms with Crippen LogP contribution in [0.2, 0.25) is 31.0 Å². The molecule has 0 unspecified atom stereocenters. The topological polar surface area (TPSA) is 52.3 Å². The predicted molar refractivity (Wildman–Crippen MR) is 69.4 cm³/mol. The average molecular weight is 271 g/mol. The van der Waals surface area contributed by atoms with Crippen LogP contribution in [0.5, 0.6) is 5.88 Å². The Bertz CT molecular complexity index is 522. The summed E-state index contributed by atoms with van der Waals surface area (Å²) < 4.78 is 7.22. The number of fused-ring (bicyclic) bond motifs is 1. The second kappa shape index (κ2) is 4.62. The van der Waals surface area contributed by atoms with Gasteiger partial charge in [-0.2, -0.15) is 4.98 Å². The highest BCUT2D eigenvalue weighted by Crippen LogP contribution is 2.17. The molecule has 0 spiro atoms. The molecule has 5 nitrogen and oxygen atoms in total. The third kappa shape index (κ3) is 3.16. The zero-order valence-electron chi connectivity index (χ0n) is 10.1. The fourth-order valence-electron chi connectivity index (χ4n) is 1.33. The summed E-state index contributed by atoms with van der Waals surface area (Å²) in [6, 6.07) is 1.07. The Kier molecular flexibility index (Phi) is 3.35. The van der Waals surface area contributed by atoms with Crippen LogP contribution in [0.4, 0.5) is 0 Å². The molecule has 0 radical (unpaired) electrons. The second-order valence-electron chi connectivity index (χ2n) is 5.04. The summed E-state index contributed by atoms with van der Waals surface area (Å²) in [5.74, 6) is 0.452. The van der Waals surface area contributed by atoms with E-state index in [1.165, 1.54) is 0 Å². The number of aromatic nitrogens is 4. The number of hydrogen-bond acceptors (Lipinski definition) is 4. The first-order chi connectivity index (χ1) is 7.96. The van der Waals surface area contributed by atoms with Gasteiger partial charge < -0.3 is 4.74 Å². The van der Waals surface area contributed by atoms with Crippen molar-refractivity contribution in [1.29, 1.82) is 0 Å². The maximum Gasteiger partial charge on any atom is 0.262 e. The molecule has 2 rings (SSSR count). The summed E-state index contributed by atoms with van der Waals surface area (Å²) in [4.78, 5) is 8.20. The van der Waals surface area contributed by atoms with E-state index in [0.29, 0.717) is 18.1 Å². The van der Waals surface area contributed by atoms with E-state index in [-0.39, 0.29) is 5.28 Å². The highest BCUT2D eigenvalue weighted by atomic mass is 35.5. The Morgan fingerprint density at radius 3 is 2.88 bits per heavy atom. The SMILES string of the molecule is C[Si](C)(C)CCOc1nc(Cl)nn2ccnc12. The average Bonchev–Trinajstić information content (AvgIpc) is 2.63. The molecule has 0 N–H and O–H groups in total. The molecule has 0 amide bonds. The number of nitrogens with zero attached hydrogens (tertiary/aromatic N) is 4. The van der Waals surface area contributed by atoms with Gasteiger partial charge in [-0.3, -0.25) is 0 Å². The van der Waals surface area contributed by atoms with Gasteiger partial charge in [-0.15, -0.1) is 5.10 Å². The first-order valence-electron chi connectivity index (χ1n) is 5.45. The van der Waals surface area contributed by atoms with E-state index in [1.807, 2.05) is 0 Å². The van der Waals surface area contributed by atoms with Crippen molar-refractivity contribution in [2.75, 3.05) is 6.61 Å². The van der Waals surface area contributed by atoms with Gasteiger partial charge in [-0.05, 0) is 17.6 Å². The predicted octanol–water partition coefficient (Wildman–Crippen LogP) is 2.49. The molecule has 0 aliphatic heterocycles. The molecular formula is C10H15ClN4OSi.